The lowest BCUT2D eigenvalue weighted by atomic mass is 9.96. The second kappa shape index (κ2) is 8.84. The van der Waals surface area contributed by atoms with Crippen LogP contribution in [0.2, 0.25) is 0 Å². The van der Waals surface area contributed by atoms with E-state index in [0.717, 1.165) is 25.1 Å². The van der Waals surface area contributed by atoms with Crippen LogP contribution in [0.3, 0.4) is 0 Å². The first kappa shape index (κ1) is 23.6. The summed E-state index contributed by atoms with van der Waals surface area (Å²) in [5.74, 6) is -4.53. The van der Waals surface area contributed by atoms with Gasteiger partial charge in [0, 0.05) is 24.5 Å². The van der Waals surface area contributed by atoms with Crippen LogP contribution in [0.25, 0.3) is 0 Å². The van der Waals surface area contributed by atoms with Crippen molar-refractivity contribution in [2.45, 2.75) is 35.2 Å². The lowest BCUT2D eigenvalue weighted by Crippen LogP contribution is -2.29. The minimum atomic E-state index is -4.45. The van der Waals surface area contributed by atoms with Gasteiger partial charge < -0.3 is 9.84 Å². The van der Waals surface area contributed by atoms with Crippen LogP contribution in [0, 0.1) is 17.1 Å². The van der Waals surface area contributed by atoms with Gasteiger partial charge in [0.1, 0.15) is 23.5 Å². The van der Waals surface area contributed by atoms with E-state index in [2.05, 4.69) is 15.9 Å². The van der Waals surface area contributed by atoms with Gasteiger partial charge in [-0.05, 0) is 29.8 Å². The predicted molar refractivity (Wildman–Crippen MR) is 110 cm³/mol. The zero-order valence-corrected chi connectivity index (χ0v) is 18.7. The fraction of sp³-hybridized carbons (Fsp3) is 0.250. The lowest BCUT2D eigenvalue weighted by Gasteiger charge is -2.18. The maximum Gasteiger partial charge on any atom is 0.304 e. The van der Waals surface area contributed by atoms with Crippen LogP contribution in [0.5, 0.6) is 11.5 Å². The van der Waals surface area contributed by atoms with Crippen molar-refractivity contribution in [2.24, 2.45) is 0 Å². The Morgan fingerprint density at radius 3 is 2.56 bits per heavy atom. The van der Waals surface area contributed by atoms with Crippen LogP contribution in [0.15, 0.2) is 35.2 Å². The van der Waals surface area contributed by atoms with Crippen molar-refractivity contribution < 1.29 is 36.6 Å². The molecule has 2 aromatic carbocycles. The number of carboxylic acids is 1. The number of alkyl halides is 2. The van der Waals surface area contributed by atoms with Crippen LogP contribution in [0.4, 0.5) is 8.78 Å². The molecule has 1 amide bonds. The topological polar surface area (TPSA) is 134 Å². The molecule has 0 fully saturated rings. The summed E-state index contributed by atoms with van der Waals surface area (Å²) in [6.45, 7) is 0.978. The zero-order valence-electron chi connectivity index (χ0n) is 16.3. The molecule has 12 heteroatoms. The first-order valence-corrected chi connectivity index (χ1v) is 11.4. The highest BCUT2D eigenvalue weighted by Crippen LogP contribution is 2.54. The van der Waals surface area contributed by atoms with Crippen LogP contribution >= 0.6 is 15.9 Å². The Balaban J connectivity index is 2.22. The Hall–Kier alpha value is -3.04. The van der Waals surface area contributed by atoms with Gasteiger partial charge in [-0.1, -0.05) is 15.9 Å². The zero-order chi connectivity index (χ0) is 23.8. The number of aliphatic carboxylic acids is 1. The summed E-state index contributed by atoms with van der Waals surface area (Å²) < 4.78 is 61.7. The number of amides is 1. The summed E-state index contributed by atoms with van der Waals surface area (Å²) >= 11 is 3.13. The minimum absolute atomic E-state index is 0.0120. The molecular formula is C20H15BrF2N2O6S. The van der Waals surface area contributed by atoms with E-state index in [-0.39, 0.29) is 28.2 Å². The van der Waals surface area contributed by atoms with Crippen molar-refractivity contribution in [3.8, 4) is 17.6 Å². The Morgan fingerprint density at radius 1 is 1.28 bits per heavy atom. The molecule has 0 saturated carbocycles. The molecule has 0 saturated heterocycles. The number of carboxylic acid groups (broad SMARTS) is 1. The molecular weight excluding hydrogens is 514 g/mol. The normalized spacial score (nSPS) is 19.7. The molecule has 0 heterocycles. The van der Waals surface area contributed by atoms with Gasteiger partial charge in [-0.3, -0.25) is 9.59 Å². The number of benzene rings is 2. The third-order valence-corrected chi connectivity index (χ3v) is 7.16. The molecule has 168 valence electrons. The van der Waals surface area contributed by atoms with E-state index in [1.54, 1.807) is 10.8 Å². The van der Waals surface area contributed by atoms with E-state index < -0.39 is 56.0 Å². The number of hydrogen-bond acceptors (Lipinski definition) is 6. The largest absolute Gasteiger partial charge is 0.481 e. The van der Waals surface area contributed by atoms with Crippen molar-refractivity contribution in [3.63, 3.8) is 0 Å². The maximum atomic E-state index is 15.1. The quantitative estimate of drug-likeness (QED) is 0.546. The van der Waals surface area contributed by atoms with Gasteiger partial charge in [0.2, 0.25) is 5.91 Å². The molecule has 0 spiro atoms. The van der Waals surface area contributed by atoms with E-state index in [1.165, 1.54) is 12.1 Å². The molecule has 0 radical (unpaired) electrons. The van der Waals surface area contributed by atoms with E-state index in [4.69, 9.17) is 10.00 Å². The Labute approximate surface area is 190 Å². The van der Waals surface area contributed by atoms with E-state index in [1.807, 2.05) is 0 Å². The molecule has 8 nitrogen and oxygen atoms in total. The highest BCUT2D eigenvalue weighted by Gasteiger charge is 2.46. The maximum absolute atomic E-state index is 15.1. The van der Waals surface area contributed by atoms with Gasteiger partial charge in [-0.2, -0.15) is 5.26 Å². The molecule has 0 aromatic heterocycles. The smallest absolute Gasteiger partial charge is 0.304 e. The SMILES string of the molecule is CC(=O)NS(=O)(=O)c1ccc(Oc2cc(F)cc(C#N)c2)c2c1[C@H](CC(=O)O)[C@H](F)C2Br. The molecule has 0 aliphatic heterocycles. The van der Waals surface area contributed by atoms with Crippen LogP contribution in [-0.4, -0.2) is 31.6 Å². The number of nitrogens with zero attached hydrogens (tertiary/aromatic N) is 1. The number of carbonyl (C=O) groups excluding carboxylic acids is 1. The highest BCUT2D eigenvalue weighted by molar-refractivity contribution is 9.09. The molecule has 32 heavy (non-hydrogen) atoms. The number of rotatable bonds is 6. The molecule has 1 aliphatic carbocycles. The Kier molecular flexibility index (Phi) is 6.52. The minimum Gasteiger partial charge on any atom is -0.481 e. The van der Waals surface area contributed by atoms with Gasteiger partial charge in [0.25, 0.3) is 10.0 Å². The first-order valence-electron chi connectivity index (χ1n) is 9.03. The third-order valence-electron chi connectivity index (χ3n) is 4.71. The summed E-state index contributed by atoms with van der Waals surface area (Å²) in [5.41, 5.74) is -0.188. The summed E-state index contributed by atoms with van der Waals surface area (Å²) in [7, 11) is -4.45. The fourth-order valence-corrected chi connectivity index (χ4v) is 5.70. The van der Waals surface area contributed by atoms with Crippen LogP contribution < -0.4 is 9.46 Å². The molecule has 2 N–H and O–H groups in total. The monoisotopic (exact) mass is 528 g/mol. The first-order chi connectivity index (χ1) is 14.9. The van der Waals surface area contributed by atoms with E-state index in [9.17, 15) is 27.5 Å². The fourth-order valence-electron chi connectivity index (χ4n) is 3.57. The second-order valence-electron chi connectivity index (χ2n) is 6.99. The number of nitrogens with one attached hydrogen (secondary N) is 1. The van der Waals surface area contributed by atoms with Crippen molar-refractivity contribution >= 4 is 37.8 Å². The Morgan fingerprint density at radius 2 is 1.97 bits per heavy atom. The summed E-state index contributed by atoms with van der Waals surface area (Å²) in [6, 6.07) is 7.20. The molecule has 1 unspecified atom stereocenters. The van der Waals surface area contributed by atoms with Crippen molar-refractivity contribution in [2.75, 3.05) is 0 Å². The molecule has 2 aromatic rings. The lowest BCUT2D eigenvalue weighted by molar-refractivity contribution is -0.137. The number of halogens is 3. The third kappa shape index (κ3) is 4.58. The number of sulfonamides is 1. The van der Waals surface area contributed by atoms with Gasteiger partial charge in [-0.15, -0.1) is 0 Å². The summed E-state index contributed by atoms with van der Waals surface area (Å²) in [5, 5.41) is 18.2. The summed E-state index contributed by atoms with van der Waals surface area (Å²) in [4.78, 5) is 21.1. The standard InChI is InChI=1S/C20H15BrF2N2O6S/c1-9(26)25-32(29,30)15-3-2-14(31-12-5-10(8-24)4-11(22)6-12)18-17(15)13(7-16(27)28)20(23)19(18)21/h2-6,13,19-20H,7H2,1H3,(H,25,26)(H,27,28)/t13-,19?,20-/m0/s1. The van der Waals surface area contributed by atoms with Gasteiger partial charge in [0.15, 0.2) is 0 Å². The van der Waals surface area contributed by atoms with Crippen molar-refractivity contribution in [1.29, 1.82) is 5.26 Å². The van der Waals surface area contributed by atoms with E-state index >= 15 is 4.39 Å². The predicted octanol–water partition coefficient (Wildman–Crippen LogP) is 3.66. The number of fused-ring (bicyclic) bond motifs is 1. The second-order valence-corrected chi connectivity index (χ2v) is 9.63. The molecule has 0 bridgehead atoms. The average molecular weight is 529 g/mol. The number of nitriles is 1. The summed E-state index contributed by atoms with van der Waals surface area (Å²) in [6.07, 6.45) is -2.56. The van der Waals surface area contributed by atoms with Gasteiger partial charge in [0.05, 0.1) is 27.8 Å². The van der Waals surface area contributed by atoms with Crippen LogP contribution in [0.1, 0.15) is 40.8 Å². The molecule has 3 rings (SSSR count). The van der Waals surface area contributed by atoms with E-state index in [0.29, 0.717) is 0 Å². The number of hydrogen-bond donors (Lipinski definition) is 2. The van der Waals surface area contributed by atoms with Gasteiger partial charge in [-0.25, -0.2) is 21.9 Å². The van der Waals surface area contributed by atoms with Crippen LogP contribution in [-0.2, 0) is 19.6 Å². The molecule has 3 atom stereocenters. The number of ether oxygens (including phenoxy) is 1. The Bertz CT molecular complexity index is 1260. The van der Waals surface area contributed by atoms with Crippen molar-refractivity contribution in [3.05, 3.63) is 52.8 Å². The average Bonchev–Trinajstić information content (AvgIpc) is 2.92. The van der Waals surface area contributed by atoms with Crippen molar-refractivity contribution in [1.82, 2.24) is 4.72 Å². The number of carbonyl (C=O) groups is 2. The van der Waals surface area contributed by atoms with Gasteiger partial charge >= 0.3 is 5.97 Å². The molecule has 1 aliphatic rings. The highest BCUT2D eigenvalue weighted by atomic mass is 79.9.